The topological polar surface area (TPSA) is 55.7 Å². The van der Waals surface area contributed by atoms with E-state index in [1.54, 1.807) is 0 Å². The van der Waals surface area contributed by atoms with Crippen LogP contribution in [0.2, 0.25) is 0 Å². The van der Waals surface area contributed by atoms with E-state index < -0.39 is 0 Å². The number of aryl methyl sites for hydroxylation is 1. The van der Waals surface area contributed by atoms with Gasteiger partial charge in [0.2, 0.25) is 0 Å². The second kappa shape index (κ2) is 7.50. The summed E-state index contributed by atoms with van der Waals surface area (Å²) in [6, 6.07) is 14.7. The summed E-state index contributed by atoms with van der Waals surface area (Å²) in [6.07, 6.45) is 5.39. The fourth-order valence-corrected chi connectivity index (χ4v) is 4.42. The molecule has 0 fully saturated rings. The number of hydrogen-bond donors (Lipinski definition) is 1. The first kappa shape index (κ1) is 20.0. The average Bonchev–Trinajstić information content (AvgIpc) is 3.13. The normalized spacial score (nSPS) is 15.7. The Hall–Kier alpha value is -3.32. The van der Waals surface area contributed by atoms with Crippen molar-refractivity contribution in [3.63, 3.8) is 0 Å². The largest absolute Gasteiger partial charge is 0.362 e. The molecule has 0 bridgehead atoms. The number of H-pyrrole nitrogens is 1. The van der Waals surface area contributed by atoms with Gasteiger partial charge in [0.05, 0.1) is 22.1 Å². The van der Waals surface area contributed by atoms with E-state index in [0.29, 0.717) is 11.4 Å². The van der Waals surface area contributed by atoms with E-state index in [1.165, 1.54) is 16.8 Å². The summed E-state index contributed by atoms with van der Waals surface area (Å²) in [5.41, 5.74) is 8.33. The van der Waals surface area contributed by atoms with Gasteiger partial charge in [-0.1, -0.05) is 25.1 Å². The molecule has 4 nitrogen and oxygen atoms in total. The highest BCUT2D eigenvalue weighted by Gasteiger charge is 2.31. The molecule has 1 N–H and O–H groups in total. The van der Waals surface area contributed by atoms with Crippen LogP contribution >= 0.6 is 0 Å². The Kier molecular flexibility index (Phi) is 4.99. The van der Waals surface area contributed by atoms with Gasteiger partial charge in [-0.15, -0.1) is 0 Å². The van der Waals surface area contributed by atoms with Gasteiger partial charge in [-0.2, -0.15) is 5.26 Å². The Morgan fingerprint density at radius 2 is 2.00 bits per heavy atom. The molecule has 2 heterocycles. The monoisotopic (exact) mass is 396 g/mol. The lowest BCUT2D eigenvalue weighted by molar-refractivity contribution is 0.550. The van der Waals surface area contributed by atoms with Crippen LogP contribution in [0, 0.1) is 18.3 Å². The lowest BCUT2D eigenvalue weighted by atomic mass is 9.86. The third-order valence-electron chi connectivity index (χ3n) is 5.88. The van der Waals surface area contributed by atoms with Crippen molar-refractivity contribution in [2.75, 3.05) is 11.4 Å². The molecule has 0 radical (unpaired) electrons. The zero-order valence-corrected chi connectivity index (χ0v) is 18.4. The van der Waals surface area contributed by atoms with Gasteiger partial charge < -0.3 is 9.88 Å². The Balaban J connectivity index is 1.82. The lowest BCUT2D eigenvalue weighted by Crippen LogP contribution is -2.45. The number of nitrogens with one attached hydrogen (secondary N) is 1. The van der Waals surface area contributed by atoms with Crippen molar-refractivity contribution in [3.8, 4) is 6.07 Å². The van der Waals surface area contributed by atoms with Gasteiger partial charge in [0.1, 0.15) is 11.9 Å². The first-order valence-corrected chi connectivity index (χ1v) is 10.5. The predicted octanol–water partition coefficient (Wildman–Crippen LogP) is 6.35. The lowest BCUT2D eigenvalue weighted by Gasteiger charge is -2.43. The Morgan fingerprint density at radius 1 is 1.23 bits per heavy atom. The standard InChI is InChI=1S/C26H28N4/c1-6-11-30-24-12-17(2)19(14-21(24)18(3)15-26(30,4)5)13-20(16-27)25-28-22-9-7-8-10-23(22)29-25/h7-10,12-15H,6,11H2,1-5H3,(H,28,29)/b20-13+. The highest BCUT2D eigenvalue weighted by molar-refractivity contribution is 5.92. The molecule has 4 heteroatoms. The highest BCUT2D eigenvalue weighted by atomic mass is 15.2. The van der Waals surface area contributed by atoms with E-state index in [1.807, 2.05) is 30.3 Å². The molecule has 0 unspecified atom stereocenters. The van der Waals surface area contributed by atoms with Crippen molar-refractivity contribution >= 4 is 33.9 Å². The maximum Gasteiger partial charge on any atom is 0.149 e. The molecule has 0 spiro atoms. The van der Waals surface area contributed by atoms with Crippen LogP contribution in [0.4, 0.5) is 5.69 Å². The van der Waals surface area contributed by atoms with Crippen LogP contribution in [0.3, 0.4) is 0 Å². The van der Waals surface area contributed by atoms with Gasteiger partial charge in [0.25, 0.3) is 0 Å². The number of fused-ring (bicyclic) bond motifs is 2. The molecule has 0 saturated carbocycles. The minimum Gasteiger partial charge on any atom is -0.362 e. The van der Waals surface area contributed by atoms with Gasteiger partial charge in [0.15, 0.2) is 0 Å². The van der Waals surface area contributed by atoms with Crippen LogP contribution in [0.1, 0.15) is 56.6 Å². The maximum absolute atomic E-state index is 9.83. The van der Waals surface area contributed by atoms with Gasteiger partial charge in [0, 0.05) is 17.8 Å². The number of rotatable bonds is 4. The van der Waals surface area contributed by atoms with Gasteiger partial charge in [-0.25, -0.2) is 4.98 Å². The molecule has 3 aromatic rings. The third kappa shape index (κ3) is 3.41. The summed E-state index contributed by atoms with van der Waals surface area (Å²) in [7, 11) is 0. The molecule has 0 amide bonds. The van der Waals surface area contributed by atoms with Crippen LogP contribution in [-0.4, -0.2) is 22.1 Å². The molecule has 0 aliphatic carbocycles. The summed E-state index contributed by atoms with van der Waals surface area (Å²) in [4.78, 5) is 10.4. The number of aromatic amines is 1. The smallest absolute Gasteiger partial charge is 0.149 e. The van der Waals surface area contributed by atoms with E-state index in [4.69, 9.17) is 0 Å². The number of allylic oxidation sites excluding steroid dienone is 2. The number of para-hydroxylation sites is 2. The number of benzene rings is 2. The summed E-state index contributed by atoms with van der Waals surface area (Å²) >= 11 is 0. The van der Waals surface area contributed by atoms with Crippen LogP contribution in [0.15, 0.2) is 42.5 Å². The fourth-order valence-electron chi connectivity index (χ4n) is 4.42. The quantitative estimate of drug-likeness (QED) is 0.523. The van der Waals surface area contributed by atoms with E-state index in [0.717, 1.165) is 35.1 Å². The second-order valence-corrected chi connectivity index (χ2v) is 8.63. The van der Waals surface area contributed by atoms with E-state index in [-0.39, 0.29) is 5.54 Å². The number of aromatic nitrogens is 2. The second-order valence-electron chi connectivity index (χ2n) is 8.63. The zero-order valence-electron chi connectivity index (χ0n) is 18.4. The molecule has 2 aromatic carbocycles. The Morgan fingerprint density at radius 3 is 2.70 bits per heavy atom. The van der Waals surface area contributed by atoms with Crippen molar-refractivity contribution in [2.45, 2.75) is 46.6 Å². The highest BCUT2D eigenvalue weighted by Crippen LogP contribution is 2.40. The van der Waals surface area contributed by atoms with E-state index in [9.17, 15) is 5.26 Å². The van der Waals surface area contributed by atoms with E-state index in [2.05, 4.69) is 73.8 Å². The van der Waals surface area contributed by atoms with Crippen molar-refractivity contribution in [1.29, 1.82) is 5.26 Å². The SMILES string of the molecule is CCCN1c2cc(C)c(/C=C(\C#N)c3nc4ccccc4[nH]3)cc2C(C)=CC1(C)C. The summed E-state index contributed by atoms with van der Waals surface area (Å²) in [5.74, 6) is 0.608. The third-order valence-corrected chi connectivity index (χ3v) is 5.88. The summed E-state index contributed by atoms with van der Waals surface area (Å²) in [6.45, 7) is 12.1. The van der Waals surface area contributed by atoms with Crippen molar-refractivity contribution in [3.05, 3.63) is 65.0 Å². The molecule has 30 heavy (non-hydrogen) atoms. The Labute approximate surface area is 178 Å². The summed E-state index contributed by atoms with van der Waals surface area (Å²) < 4.78 is 0. The molecule has 152 valence electrons. The number of imidazole rings is 1. The van der Waals surface area contributed by atoms with Crippen molar-refractivity contribution in [2.24, 2.45) is 0 Å². The summed E-state index contributed by atoms with van der Waals surface area (Å²) in [5, 5.41) is 9.83. The maximum atomic E-state index is 9.83. The number of nitriles is 1. The van der Waals surface area contributed by atoms with Gasteiger partial charge in [-0.3, -0.25) is 0 Å². The first-order chi connectivity index (χ1) is 14.3. The number of anilines is 1. The molecular weight excluding hydrogens is 368 g/mol. The molecule has 0 atom stereocenters. The van der Waals surface area contributed by atoms with E-state index >= 15 is 0 Å². The van der Waals surface area contributed by atoms with Crippen molar-refractivity contribution < 1.29 is 0 Å². The van der Waals surface area contributed by atoms with Crippen LogP contribution < -0.4 is 4.90 Å². The minimum absolute atomic E-state index is 0.0109. The predicted molar refractivity (Wildman–Crippen MR) is 126 cm³/mol. The van der Waals surface area contributed by atoms with Gasteiger partial charge in [-0.05, 0) is 81.2 Å². The molecule has 4 rings (SSSR count). The molecule has 0 saturated heterocycles. The molecule has 1 aliphatic rings. The van der Waals surface area contributed by atoms with Crippen molar-refractivity contribution in [1.82, 2.24) is 9.97 Å². The zero-order chi connectivity index (χ0) is 21.5. The molecular formula is C26H28N4. The molecule has 1 aliphatic heterocycles. The average molecular weight is 397 g/mol. The van der Waals surface area contributed by atoms with Crippen LogP contribution in [0.25, 0.3) is 28.3 Å². The fraction of sp³-hybridized carbons (Fsp3) is 0.308. The number of hydrogen-bond acceptors (Lipinski definition) is 3. The Bertz CT molecular complexity index is 1180. The van der Waals surface area contributed by atoms with Crippen LogP contribution in [-0.2, 0) is 0 Å². The van der Waals surface area contributed by atoms with Gasteiger partial charge >= 0.3 is 0 Å². The molecule has 1 aromatic heterocycles. The number of nitrogens with zero attached hydrogens (tertiary/aromatic N) is 3. The van der Waals surface area contributed by atoms with Crippen LogP contribution in [0.5, 0.6) is 0 Å². The first-order valence-electron chi connectivity index (χ1n) is 10.5. The minimum atomic E-state index is -0.0109.